The molecule has 0 bridgehead atoms. The highest BCUT2D eigenvalue weighted by molar-refractivity contribution is 6.22. The van der Waals surface area contributed by atoms with E-state index in [1.54, 1.807) is 0 Å². The molecule has 7 aromatic carbocycles. The van der Waals surface area contributed by atoms with Crippen LogP contribution in [0.3, 0.4) is 0 Å². The lowest BCUT2D eigenvalue weighted by molar-refractivity contribution is 0.667. The highest BCUT2D eigenvalue weighted by atomic mass is 16.3. The molecule has 228 valence electrons. The molecule has 0 unspecified atom stereocenters. The van der Waals surface area contributed by atoms with Gasteiger partial charge in [-0.25, -0.2) is 9.97 Å². The standard InChI is InChI=1S/C45H26N2O2/c1-2-10-26(11-3-1)27-19-21-39-37(24-27)41-34-15-7-6-14-33(34)36(25-40(41)48-39)45-46-42(44-43(47-45)35-16-8-9-17-38(35)49-44)29-18-20-32-30(23-29)22-28-12-4-5-13-31(28)32/h1-21,23-25H,22H2. The number of fused-ring (bicyclic) bond motifs is 11. The Hall–Kier alpha value is -6.52. The van der Waals surface area contributed by atoms with Gasteiger partial charge in [0.15, 0.2) is 11.4 Å². The summed E-state index contributed by atoms with van der Waals surface area (Å²) in [4.78, 5) is 10.6. The van der Waals surface area contributed by atoms with Gasteiger partial charge in [-0.3, -0.25) is 0 Å². The molecule has 4 nitrogen and oxygen atoms in total. The van der Waals surface area contributed by atoms with E-state index in [-0.39, 0.29) is 0 Å². The van der Waals surface area contributed by atoms with Gasteiger partial charge in [0.25, 0.3) is 0 Å². The Labute approximate surface area is 280 Å². The number of nitrogens with zero attached hydrogens (tertiary/aromatic N) is 2. The topological polar surface area (TPSA) is 52.1 Å². The second-order valence-corrected chi connectivity index (χ2v) is 12.9. The Morgan fingerprint density at radius 1 is 0.429 bits per heavy atom. The summed E-state index contributed by atoms with van der Waals surface area (Å²) in [6, 6.07) is 51.0. The van der Waals surface area contributed by atoms with Gasteiger partial charge < -0.3 is 8.83 Å². The minimum atomic E-state index is 0.640. The molecule has 3 heterocycles. The number of benzene rings is 7. The van der Waals surface area contributed by atoms with Crippen molar-refractivity contribution >= 4 is 54.8 Å². The summed E-state index contributed by atoms with van der Waals surface area (Å²) in [5.74, 6) is 0.640. The first-order chi connectivity index (χ1) is 24.3. The Kier molecular flexibility index (Phi) is 5.41. The van der Waals surface area contributed by atoms with E-state index in [4.69, 9.17) is 18.8 Å². The van der Waals surface area contributed by atoms with Gasteiger partial charge in [-0.2, -0.15) is 0 Å². The fourth-order valence-corrected chi connectivity index (χ4v) is 7.84. The van der Waals surface area contributed by atoms with Crippen LogP contribution in [0.2, 0.25) is 0 Å². The Morgan fingerprint density at radius 3 is 2.08 bits per heavy atom. The normalized spacial score (nSPS) is 12.4. The van der Waals surface area contributed by atoms with Gasteiger partial charge in [-0.1, -0.05) is 109 Å². The van der Waals surface area contributed by atoms with Crippen molar-refractivity contribution in [3.63, 3.8) is 0 Å². The van der Waals surface area contributed by atoms with Gasteiger partial charge in [0.05, 0.1) is 0 Å². The lowest BCUT2D eigenvalue weighted by Crippen LogP contribution is -1.95. The van der Waals surface area contributed by atoms with Gasteiger partial charge in [0.1, 0.15) is 28.0 Å². The molecule has 3 aromatic heterocycles. The van der Waals surface area contributed by atoms with Crippen LogP contribution in [0.4, 0.5) is 0 Å². The molecule has 11 rings (SSSR count). The molecule has 0 N–H and O–H groups in total. The minimum absolute atomic E-state index is 0.640. The fourth-order valence-electron chi connectivity index (χ4n) is 7.84. The summed E-state index contributed by atoms with van der Waals surface area (Å²) < 4.78 is 13.1. The van der Waals surface area contributed by atoms with Crippen LogP contribution in [-0.2, 0) is 6.42 Å². The van der Waals surface area contributed by atoms with Crippen LogP contribution in [0.15, 0.2) is 154 Å². The lowest BCUT2D eigenvalue weighted by atomic mass is 9.97. The SMILES string of the molecule is c1ccc(-c2ccc3oc4cc(-c5nc(-c6ccc7c(c6)Cc6ccccc6-7)c6oc7ccccc7c6n5)c5ccccc5c4c3c2)cc1. The van der Waals surface area contributed by atoms with E-state index in [0.717, 1.165) is 78.0 Å². The monoisotopic (exact) mass is 626 g/mol. The third-order valence-electron chi connectivity index (χ3n) is 10.1. The molecule has 10 aromatic rings. The van der Waals surface area contributed by atoms with E-state index in [9.17, 15) is 0 Å². The van der Waals surface area contributed by atoms with Crippen LogP contribution in [0, 0.1) is 0 Å². The van der Waals surface area contributed by atoms with E-state index >= 15 is 0 Å². The van der Waals surface area contributed by atoms with E-state index in [2.05, 4.69) is 121 Å². The van der Waals surface area contributed by atoms with Crippen LogP contribution in [0.5, 0.6) is 0 Å². The Bertz CT molecular complexity index is 2970. The van der Waals surface area contributed by atoms with Crippen LogP contribution >= 0.6 is 0 Å². The van der Waals surface area contributed by atoms with E-state index in [1.807, 2.05) is 24.3 Å². The largest absolute Gasteiger partial charge is 0.456 e. The molecular weight excluding hydrogens is 601 g/mol. The third-order valence-corrected chi connectivity index (χ3v) is 10.1. The zero-order valence-corrected chi connectivity index (χ0v) is 26.3. The molecule has 0 atom stereocenters. The van der Waals surface area contributed by atoms with Gasteiger partial charge in [-0.15, -0.1) is 0 Å². The van der Waals surface area contributed by atoms with E-state index in [0.29, 0.717) is 11.4 Å². The van der Waals surface area contributed by atoms with Crippen molar-refractivity contribution in [3.8, 4) is 44.9 Å². The molecule has 0 saturated heterocycles. The summed E-state index contributed by atoms with van der Waals surface area (Å²) in [5.41, 5.74) is 14.3. The molecule has 49 heavy (non-hydrogen) atoms. The van der Waals surface area contributed by atoms with Crippen molar-refractivity contribution < 1.29 is 8.83 Å². The molecule has 0 radical (unpaired) electrons. The first kappa shape index (κ1) is 26.5. The average Bonchev–Trinajstić information content (AvgIpc) is 3.85. The Morgan fingerprint density at radius 2 is 1.16 bits per heavy atom. The predicted molar refractivity (Wildman–Crippen MR) is 199 cm³/mol. The maximum absolute atomic E-state index is 6.58. The number of furan rings is 2. The Balaban J connectivity index is 1.17. The average molecular weight is 627 g/mol. The maximum Gasteiger partial charge on any atom is 0.180 e. The highest BCUT2D eigenvalue weighted by Crippen LogP contribution is 2.44. The highest BCUT2D eigenvalue weighted by Gasteiger charge is 2.24. The molecule has 0 fully saturated rings. The maximum atomic E-state index is 6.58. The van der Waals surface area contributed by atoms with Crippen molar-refractivity contribution in [3.05, 3.63) is 157 Å². The molecule has 4 heteroatoms. The van der Waals surface area contributed by atoms with Crippen LogP contribution in [0.1, 0.15) is 11.1 Å². The molecule has 1 aliphatic carbocycles. The molecule has 0 amide bonds. The lowest BCUT2D eigenvalue weighted by Gasteiger charge is -2.11. The second-order valence-electron chi connectivity index (χ2n) is 12.9. The summed E-state index contributed by atoms with van der Waals surface area (Å²) in [7, 11) is 0. The van der Waals surface area contributed by atoms with Gasteiger partial charge in [0, 0.05) is 27.3 Å². The summed E-state index contributed by atoms with van der Waals surface area (Å²) >= 11 is 0. The number of para-hydroxylation sites is 1. The van der Waals surface area contributed by atoms with Crippen LogP contribution in [0.25, 0.3) is 99.7 Å². The summed E-state index contributed by atoms with van der Waals surface area (Å²) in [6.45, 7) is 0. The van der Waals surface area contributed by atoms with Crippen LogP contribution < -0.4 is 0 Å². The van der Waals surface area contributed by atoms with Crippen molar-refractivity contribution in [2.75, 3.05) is 0 Å². The molecular formula is C45H26N2O2. The summed E-state index contributed by atoms with van der Waals surface area (Å²) in [6.07, 6.45) is 0.903. The number of rotatable bonds is 3. The second kappa shape index (κ2) is 9.99. The molecule has 1 aliphatic rings. The first-order valence-corrected chi connectivity index (χ1v) is 16.6. The molecule has 0 saturated carbocycles. The zero-order chi connectivity index (χ0) is 32.1. The number of hydrogen-bond donors (Lipinski definition) is 0. The predicted octanol–water partition coefficient (Wildman–Crippen LogP) is 12.0. The zero-order valence-electron chi connectivity index (χ0n) is 26.3. The van der Waals surface area contributed by atoms with Crippen molar-refractivity contribution in [1.29, 1.82) is 0 Å². The van der Waals surface area contributed by atoms with Crippen LogP contribution in [-0.4, -0.2) is 9.97 Å². The summed E-state index contributed by atoms with van der Waals surface area (Å²) in [5, 5.41) is 5.34. The van der Waals surface area contributed by atoms with Crippen molar-refractivity contribution in [2.24, 2.45) is 0 Å². The smallest absolute Gasteiger partial charge is 0.180 e. The fraction of sp³-hybridized carbons (Fsp3) is 0.0222. The van der Waals surface area contributed by atoms with Crippen molar-refractivity contribution in [1.82, 2.24) is 9.97 Å². The number of hydrogen-bond acceptors (Lipinski definition) is 4. The van der Waals surface area contributed by atoms with Gasteiger partial charge in [-0.05, 0) is 87.0 Å². The van der Waals surface area contributed by atoms with E-state index < -0.39 is 0 Å². The van der Waals surface area contributed by atoms with Crippen molar-refractivity contribution in [2.45, 2.75) is 6.42 Å². The molecule has 0 aliphatic heterocycles. The minimum Gasteiger partial charge on any atom is -0.456 e. The van der Waals surface area contributed by atoms with Gasteiger partial charge in [0.2, 0.25) is 0 Å². The first-order valence-electron chi connectivity index (χ1n) is 16.6. The third kappa shape index (κ3) is 3.92. The number of aromatic nitrogens is 2. The quantitative estimate of drug-likeness (QED) is 0.196. The molecule has 0 spiro atoms. The van der Waals surface area contributed by atoms with E-state index in [1.165, 1.54) is 27.8 Å². The van der Waals surface area contributed by atoms with Gasteiger partial charge >= 0.3 is 0 Å².